The molecule has 0 aliphatic carbocycles. The number of carboxylic acids is 1. The first-order valence-electron chi connectivity index (χ1n) is 9.50. The Morgan fingerprint density at radius 3 is 2.25 bits per heavy atom. The van der Waals surface area contributed by atoms with Crippen LogP contribution in [-0.2, 0) is 11.2 Å². The molecule has 0 aliphatic rings. The molecule has 2 aromatic carbocycles. The van der Waals surface area contributed by atoms with Gasteiger partial charge in [-0.1, -0.05) is 0 Å². The number of nitrogens with zero attached hydrogens (tertiary/aromatic N) is 1. The van der Waals surface area contributed by atoms with Gasteiger partial charge in [-0.15, -0.1) is 0 Å². The average Bonchev–Trinajstić information content (AvgIpc) is 2.77. The summed E-state index contributed by atoms with van der Waals surface area (Å²) in [6, 6.07) is 6.90. The first kappa shape index (κ1) is 24.3. The van der Waals surface area contributed by atoms with Crippen LogP contribution in [0.15, 0.2) is 30.3 Å². The van der Waals surface area contributed by atoms with Crippen LogP contribution in [0.2, 0.25) is 0 Å². The second-order valence-corrected chi connectivity index (χ2v) is 6.50. The molecular formula is C21H24N2O9. The number of hydrogen-bond donors (Lipinski definition) is 2. The van der Waals surface area contributed by atoms with Crippen molar-refractivity contribution in [2.75, 3.05) is 34.5 Å². The number of carboxylic acid groups (broad SMARTS) is 1. The highest BCUT2D eigenvalue weighted by atomic mass is 16.6. The Balaban J connectivity index is 1.85. The smallest absolute Gasteiger partial charge is 0.342 e. The van der Waals surface area contributed by atoms with Crippen molar-refractivity contribution in [1.29, 1.82) is 0 Å². The predicted molar refractivity (Wildman–Crippen MR) is 113 cm³/mol. The van der Waals surface area contributed by atoms with Crippen molar-refractivity contribution in [3.8, 4) is 23.0 Å². The van der Waals surface area contributed by atoms with Crippen LogP contribution in [0.3, 0.4) is 0 Å². The number of aromatic carboxylic acids is 1. The lowest BCUT2D eigenvalue weighted by Gasteiger charge is -2.14. The molecule has 2 rings (SSSR count). The normalized spacial score (nSPS) is 10.2. The van der Waals surface area contributed by atoms with Gasteiger partial charge >= 0.3 is 5.97 Å². The molecule has 0 bridgehead atoms. The SMILES string of the molecule is COc1cc(CC(=O)NCCCOc2ccc([N+](=O)[O-])c(C(=O)O)c2)cc(OC)c1OC. The maximum Gasteiger partial charge on any atom is 0.342 e. The van der Waals surface area contributed by atoms with Gasteiger partial charge in [-0.3, -0.25) is 14.9 Å². The van der Waals surface area contributed by atoms with Crippen molar-refractivity contribution in [2.24, 2.45) is 0 Å². The van der Waals surface area contributed by atoms with Crippen molar-refractivity contribution in [3.05, 3.63) is 51.6 Å². The van der Waals surface area contributed by atoms with Crippen LogP contribution in [-0.4, -0.2) is 56.4 Å². The molecule has 0 aromatic heterocycles. The fourth-order valence-corrected chi connectivity index (χ4v) is 2.91. The number of nitro benzene ring substituents is 1. The zero-order chi connectivity index (χ0) is 23.7. The standard InChI is InChI=1S/C21H24N2O9/c1-29-17-9-13(10-18(30-2)20(17)31-3)11-19(24)22-7-4-8-32-14-5-6-16(23(27)28)15(12-14)21(25)26/h5-6,9-10,12H,4,7-8,11H2,1-3H3,(H,22,24)(H,25,26). The summed E-state index contributed by atoms with van der Waals surface area (Å²) >= 11 is 0. The summed E-state index contributed by atoms with van der Waals surface area (Å²) in [6.07, 6.45) is 0.544. The quantitative estimate of drug-likeness (QED) is 0.284. The molecule has 1 amide bonds. The molecule has 11 nitrogen and oxygen atoms in total. The fourth-order valence-electron chi connectivity index (χ4n) is 2.91. The number of amides is 1. The number of carbonyl (C=O) groups excluding carboxylic acids is 1. The van der Waals surface area contributed by atoms with Crippen LogP contribution in [0, 0.1) is 10.1 Å². The Hall–Kier alpha value is -4.02. The topological polar surface area (TPSA) is 146 Å². The van der Waals surface area contributed by atoms with Crippen LogP contribution in [0.5, 0.6) is 23.0 Å². The highest BCUT2D eigenvalue weighted by molar-refractivity contribution is 5.92. The zero-order valence-electron chi connectivity index (χ0n) is 17.9. The number of ether oxygens (including phenoxy) is 4. The minimum atomic E-state index is -1.42. The van der Waals surface area contributed by atoms with E-state index in [1.54, 1.807) is 12.1 Å². The Bertz CT molecular complexity index is 966. The van der Waals surface area contributed by atoms with Gasteiger partial charge in [-0.2, -0.15) is 0 Å². The Kier molecular flexibility index (Phi) is 8.63. The second kappa shape index (κ2) is 11.4. The van der Waals surface area contributed by atoms with Crippen molar-refractivity contribution < 1.29 is 38.6 Å². The molecule has 0 aliphatic heterocycles. The Morgan fingerprint density at radius 2 is 1.72 bits per heavy atom. The summed E-state index contributed by atoms with van der Waals surface area (Å²) in [5.41, 5.74) is -0.282. The predicted octanol–water partition coefficient (Wildman–Crippen LogP) is 2.45. The van der Waals surface area contributed by atoms with E-state index in [1.807, 2.05) is 0 Å². The van der Waals surface area contributed by atoms with Gasteiger partial charge in [0.2, 0.25) is 11.7 Å². The molecule has 0 unspecified atom stereocenters. The number of nitro groups is 1. The van der Waals surface area contributed by atoms with Gasteiger partial charge in [0.15, 0.2) is 11.5 Å². The molecule has 0 atom stereocenters. The molecule has 32 heavy (non-hydrogen) atoms. The molecule has 0 fully saturated rings. The molecule has 0 saturated heterocycles. The summed E-state index contributed by atoms with van der Waals surface area (Å²) in [6.45, 7) is 0.503. The number of carbonyl (C=O) groups is 2. The Morgan fingerprint density at radius 1 is 1.06 bits per heavy atom. The van der Waals surface area contributed by atoms with Crippen LogP contribution < -0.4 is 24.3 Å². The minimum absolute atomic E-state index is 0.0991. The van der Waals surface area contributed by atoms with Crippen LogP contribution >= 0.6 is 0 Å². The van der Waals surface area contributed by atoms with Crippen LogP contribution in [0.1, 0.15) is 22.3 Å². The number of nitrogens with one attached hydrogen (secondary N) is 1. The van der Waals surface area contributed by atoms with E-state index in [1.165, 1.54) is 27.4 Å². The maximum absolute atomic E-state index is 12.2. The number of hydrogen-bond acceptors (Lipinski definition) is 8. The van der Waals surface area contributed by atoms with E-state index in [0.29, 0.717) is 35.8 Å². The highest BCUT2D eigenvalue weighted by Crippen LogP contribution is 2.38. The van der Waals surface area contributed by atoms with Gasteiger partial charge in [-0.05, 0) is 30.2 Å². The molecule has 0 heterocycles. The lowest BCUT2D eigenvalue weighted by Crippen LogP contribution is -2.27. The summed E-state index contributed by atoms with van der Waals surface area (Å²) < 4.78 is 21.2. The largest absolute Gasteiger partial charge is 0.493 e. The first-order valence-corrected chi connectivity index (χ1v) is 9.50. The molecule has 11 heteroatoms. The van der Waals surface area contributed by atoms with Gasteiger partial charge < -0.3 is 29.4 Å². The highest BCUT2D eigenvalue weighted by Gasteiger charge is 2.20. The lowest BCUT2D eigenvalue weighted by atomic mass is 10.1. The summed E-state index contributed by atoms with van der Waals surface area (Å²) in [5.74, 6) is -0.104. The Labute approximate surface area is 184 Å². The third-order valence-corrected chi connectivity index (χ3v) is 4.40. The van der Waals surface area contributed by atoms with E-state index in [4.69, 9.17) is 24.1 Å². The van der Waals surface area contributed by atoms with Crippen molar-refractivity contribution in [3.63, 3.8) is 0 Å². The monoisotopic (exact) mass is 448 g/mol. The van der Waals surface area contributed by atoms with E-state index in [0.717, 1.165) is 12.1 Å². The molecule has 2 N–H and O–H groups in total. The van der Waals surface area contributed by atoms with Crippen LogP contribution in [0.4, 0.5) is 5.69 Å². The van der Waals surface area contributed by atoms with Crippen molar-refractivity contribution >= 4 is 17.6 Å². The third-order valence-electron chi connectivity index (χ3n) is 4.40. The number of methoxy groups -OCH3 is 3. The van der Waals surface area contributed by atoms with E-state index in [2.05, 4.69) is 5.32 Å². The molecule has 0 radical (unpaired) electrons. The number of rotatable bonds is 12. The van der Waals surface area contributed by atoms with E-state index in [9.17, 15) is 19.7 Å². The van der Waals surface area contributed by atoms with Gasteiger partial charge in [0.25, 0.3) is 5.69 Å². The molecule has 0 saturated carbocycles. The first-order chi connectivity index (χ1) is 15.3. The third kappa shape index (κ3) is 6.24. The average molecular weight is 448 g/mol. The lowest BCUT2D eigenvalue weighted by molar-refractivity contribution is -0.385. The molecule has 172 valence electrons. The zero-order valence-corrected chi connectivity index (χ0v) is 17.9. The summed E-state index contributed by atoms with van der Waals surface area (Å²) in [7, 11) is 4.48. The molecular weight excluding hydrogens is 424 g/mol. The van der Waals surface area contributed by atoms with E-state index >= 15 is 0 Å². The molecule has 2 aromatic rings. The van der Waals surface area contributed by atoms with Gasteiger partial charge in [0.1, 0.15) is 11.3 Å². The van der Waals surface area contributed by atoms with Crippen LogP contribution in [0.25, 0.3) is 0 Å². The molecule has 0 spiro atoms. The van der Waals surface area contributed by atoms with Gasteiger partial charge in [-0.25, -0.2) is 4.79 Å². The second-order valence-electron chi connectivity index (χ2n) is 6.50. The maximum atomic E-state index is 12.2. The van der Waals surface area contributed by atoms with Gasteiger partial charge in [0, 0.05) is 18.7 Å². The van der Waals surface area contributed by atoms with E-state index < -0.39 is 22.1 Å². The fraction of sp³-hybridized carbons (Fsp3) is 0.333. The summed E-state index contributed by atoms with van der Waals surface area (Å²) in [4.78, 5) is 33.5. The van der Waals surface area contributed by atoms with Gasteiger partial charge in [0.05, 0.1) is 39.3 Å². The van der Waals surface area contributed by atoms with Crippen molar-refractivity contribution in [2.45, 2.75) is 12.8 Å². The van der Waals surface area contributed by atoms with E-state index in [-0.39, 0.29) is 24.7 Å². The summed E-state index contributed by atoms with van der Waals surface area (Å²) in [5, 5.41) is 22.7. The minimum Gasteiger partial charge on any atom is -0.493 e. The van der Waals surface area contributed by atoms with Crippen molar-refractivity contribution in [1.82, 2.24) is 5.32 Å². The number of benzene rings is 2.